The fourth-order valence-electron chi connectivity index (χ4n) is 2.54. The van der Waals surface area contributed by atoms with Crippen molar-refractivity contribution in [3.8, 4) is 11.5 Å². The zero-order valence-corrected chi connectivity index (χ0v) is 14.9. The largest absolute Gasteiger partial charge is 0.481 e. The van der Waals surface area contributed by atoms with Crippen LogP contribution in [0.25, 0.3) is 0 Å². The summed E-state index contributed by atoms with van der Waals surface area (Å²) in [4.78, 5) is 12.7. The van der Waals surface area contributed by atoms with Gasteiger partial charge >= 0.3 is 5.97 Å². The fourth-order valence-corrected chi connectivity index (χ4v) is 3.40. The highest BCUT2D eigenvalue weighted by atomic mass is 32.2. The highest BCUT2D eigenvalue weighted by Gasteiger charge is 2.09. The Bertz CT molecular complexity index is 926. The Labute approximate surface area is 155 Å². The van der Waals surface area contributed by atoms with Crippen LogP contribution in [0.15, 0.2) is 76.5 Å². The maximum atomic E-state index is 14.4. The van der Waals surface area contributed by atoms with Crippen LogP contribution in [0.2, 0.25) is 0 Å². The van der Waals surface area contributed by atoms with Gasteiger partial charge in [0.15, 0.2) is 11.6 Å². The summed E-state index contributed by atoms with van der Waals surface area (Å²) in [6.45, 7) is 1.84. The van der Waals surface area contributed by atoms with Gasteiger partial charge in [-0.25, -0.2) is 4.39 Å². The van der Waals surface area contributed by atoms with Crippen LogP contribution < -0.4 is 4.74 Å². The van der Waals surface area contributed by atoms with Gasteiger partial charge in [-0.1, -0.05) is 36.0 Å². The Hall–Kier alpha value is -2.79. The number of carboxylic acids is 1. The van der Waals surface area contributed by atoms with Gasteiger partial charge in [0.2, 0.25) is 0 Å². The monoisotopic (exact) mass is 368 g/mol. The van der Waals surface area contributed by atoms with Crippen LogP contribution >= 0.6 is 11.8 Å². The molecule has 0 aliphatic rings. The predicted octanol–water partition coefficient (Wildman–Crippen LogP) is 5.70. The maximum Gasteiger partial charge on any atom is 0.307 e. The molecule has 0 amide bonds. The first kappa shape index (κ1) is 18.0. The molecule has 0 fully saturated rings. The molecule has 0 aliphatic carbocycles. The third-order valence-corrected chi connectivity index (χ3v) is 4.57. The Morgan fingerprint density at radius 1 is 1.04 bits per heavy atom. The average Bonchev–Trinajstić information content (AvgIpc) is 2.57. The molecule has 5 heteroatoms. The second-order valence-corrected chi connectivity index (χ2v) is 6.98. The lowest BCUT2D eigenvalue weighted by molar-refractivity contribution is -0.136. The smallest absolute Gasteiger partial charge is 0.307 e. The molecule has 0 radical (unpaired) electrons. The summed E-state index contributed by atoms with van der Waals surface area (Å²) in [7, 11) is 0. The van der Waals surface area contributed by atoms with E-state index in [1.807, 2.05) is 37.3 Å². The molecule has 3 aromatic carbocycles. The van der Waals surface area contributed by atoms with E-state index in [-0.39, 0.29) is 12.2 Å². The van der Waals surface area contributed by atoms with Crippen molar-refractivity contribution in [2.45, 2.75) is 23.1 Å². The quantitative estimate of drug-likeness (QED) is 0.606. The highest BCUT2D eigenvalue weighted by molar-refractivity contribution is 7.99. The van der Waals surface area contributed by atoms with Crippen LogP contribution in [-0.4, -0.2) is 11.1 Å². The van der Waals surface area contributed by atoms with E-state index in [0.717, 1.165) is 15.4 Å². The minimum absolute atomic E-state index is 0.104. The molecule has 0 bridgehead atoms. The Morgan fingerprint density at radius 2 is 1.81 bits per heavy atom. The van der Waals surface area contributed by atoms with Crippen molar-refractivity contribution >= 4 is 17.7 Å². The number of halogens is 1. The maximum absolute atomic E-state index is 14.4. The summed E-state index contributed by atoms with van der Waals surface area (Å²) in [6, 6.07) is 19.7. The molecule has 0 unspecified atom stereocenters. The normalized spacial score (nSPS) is 10.5. The summed E-state index contributed by atoms with van der Waals surface area (Å²) in [5, 5.41) is 8.93. The molecule has 0 saturated heterocycles. The van der Waals surface area contributed by atoms with E-state index in [2.05, 4.69) is 0 Å². The molecule has 0 aromatic heterocycles. The zero-order valence-electron chi connectivity index (χ0n) is 14.1. The number of rotatable bonds is 6. The topological polar surface area (TPSA) is 46.5 Å². The Morgan fingerprint density at radius 3 is 2.50 bits per heavy atom. The van der Waals surface area contributed by atoms with Gasteiger partial charge < -0.3 is 9.84 Å². The summed E-state index contributed by atoms with van der Waals surface area (Å²) in [6.07, 6.45) is -0.104. The van der Waals surface area contributed by atoms with Crippen molar-refractivity contribution in [2.75, 3.05) is 0 Å². The molecule has 132 valence electrons. The van der Waals surface area contributed by atoms with Gasteiger partial charge in [-0.15, -0.1) is 0 Å². The third-order valence-electron chi connectivity index (χ3n) is 3.58. The van der Waals surface area contributed by atoms with Crippen molar-refractivity contribution in [1.82, 2.24) is 0 Å². The van der Waals surface area contributed by atoms with Crippen molar-refractivity contribution in [3.63, 3.8) is 0 Å². The lowest BCUT2D eigenvalue weighted by atomic mass is 10.1. The molecule has 3 rings (SSSR count). The highest BCUT2D eigenvalue weighted by Crippen LogP contribution is 2.32. The van der Waals surface area contributed by atoms with Crippen molar-refractivity contribution in [3.05, 3.63) is 83.7 Å². The Kier molecular flexibility index (Phi) is 5.58. The van der Waals surface area contributed by atoms with Crippen LogP contribution in [0, 0.1) is 12.7 Å². The minimum atomic E-state index is -0.921. The standard InChI is InChI=1S/C21H17FO3S/c1-14-9-15(12-21(23)24)11-16(10-14)25-20-8-7-18(13-19(20)22)26-17-5-3-2-4-6-17/h2-11,13H,12H2,1H3,(H,23,24). The molecule has 0 aliphatic heterocycles. The second kappa shape index (κ2) is 8.06. The number of aryl methyl sites for hydroxylation is 1. The number of hydrogen-bond donors (Lipinski definition) is 1. The Balaban J connectivity index is 1.78. The van der Waals surface area contributed by atoms with Crippen LogP contribution in [0.5, 0.6) is 11.5 Å². The van der Waals surface area contributed by atoms with Gasteiger partial charge in [0.1, 0.15) is 5.75 Å². The summed E-state index contributed by atoms with van der Waals surface area (Å²) in [5.41, 5.74) is 1.47. The number of ether oxygens (including phenoxy) is 1. The van der Waals surface area contributed by atoms with Gasteiger partial charge in [-0.3, -0.25) is 4.79 Å². The van der Waals surface area contributed by atoms with Gasteiger partial charge in [0.05, 0.1) is 6.42 Å². The molecule has 3 aromatic rings. The molecule has 0 heterocycles. The number of benzene rings is 3. The summed E-state index contributed by atoms with van der Waals surface area (Å²) in [5.74, 6) is -0.861. The van der Waals surface area contributed by atoms with Crippen molar-refractivity contribution < 1.29 is 19.0 Å². The number of carboxylic acid groups (broad SMARTS) is 1. The molecule has 3 nitrogen and oxygen atoms in total. The van der Waals surface area contributed by atoms with E-state index in [4.69, 9.17) is 9.84 Å². The first-order chi connectivity index (χ1) is 12.5. The van der Waals surface area contributed by atoms with Crippen molar-refractivity contribution in [2.24, 2.45) is 0 Å². The van der Waals surface area contributed by atoms with Crippen LogP contribution in [0.3, 0.4) is 0 Å². The number of carbonyl (C=O) groups is 1. The molecular formula is C21H17FO3S. The van der Waals surface area contributed by atoms with Crippen LogP contribution in [0.4, 0.5) is 4.39 Å². The average molecular weight is 368 g/mol. The lowest BCUT2D eigenvalue weighted by Crippen LogP contribution is -2.00. The van der Waals surface area contributed by atoms with E-state index in [1.165, 1.54) is 17.8 Å². The molecule has 1 N–H and O–H groups in total. The van der Waals surface area contributed by atoms with Gasteiger partial charge in [0, 0.05) is 9.79 Å². The molecule has 0 spiro atoms. The first-order valence-corrected chi connectivity index (χ1v) is 8.84. The minimum Gasteiger partial charge on any atom is -0.481 e. The SMILES string of the molecule is Cc1cc(CC(=O)O)cc(Oc2ccc(Sc3ccccc3)cc2F)c1. The molecule has 26 heavy (non-hydrogen) atoms. The van der Waals surface area contributed by atoms with E-state index < -0.39 is 11.8 Å². The molecule has 0 atom stereocenters. The van der Waals surface area contributed by atoms with E-state index in [9.17, 15) is 9.18 Å². The third kappa shape index (κ3) is 4.86. The summed E-state index contributed by atoms with van der Waals surface area (Å²) >= 11 is 1.47. The van der Waals surface area contributed by atoms with Gasteiger partial charge in [-0.2, -0.15) is 0 Å². The van der Waals surface area contributed by atoms with Gasteiger partial charge in [-0.05, 0) is 60.5 Å². The number of aliphatic carboxylic acids is 1. The van der Waals surface area contributed by atoms with Crippen LogP contribution in [-0.2, 0) is 11.2 Å². The van der Waals surface area contributed by atoms with Crippen molar-refractivity contribution in [1.29, 1.82) is 0 Å². The predicted molar refractivity (Wildman–Crippen MR) is 99.6 cm³/mol. The lowest BCUT2D eigenvalue weighted by Gasteiger charge is -2.10. The molecule has 0 saturated carbocycles. The van der Waals surface area contributed by atoms with E-state index >= 15 is 0 Å². The zero-order chi connectivity index (χ0) is 18.5. The summed E-state index contributed by atoms with van der Waals surface area (Å²) < 4.78 is 20.1. The van der Waals surface area contributed by atoms with E-state index in [0.29, 0.717) is 11.3 Å². The van der Waals surface area contributed by atoms with Crippen LogP contribution in [0.1, 0.15) is 11.1 Å². The van der Waals surface area contributed by atoms with E-state index in [1.54, 1.807) is 30.3 Å². The second-order valence-electron chi connectivity index (χ2n) is 5.83. The number of hydrogen-bond acceptors (Lipinski definition) is 3. The fraction of sp³-hybridized carbons (Fsp3) is 0.0952. The first-order valence-electron chi connectivity index (χ1n) is 8.02. The van der Waals surface area contributed by atoms with Gasteiger partial charge in [0.25, 0.3) is 0 Å². The molecular weight excluding hydrogens is 351 g/mol.